The van der Waals surface area contributed by atoms with E-state index in [1.54, 1.807) is 47.7 Å². The maximum Gasteiger partial charge on any atom is 0.255 e. The third-order valence-corrected chi connectivity index (χ3v) is 5.93. The van der Waals surface area contributed by atoms with E-state index in [9.17, 15) is 9.59 Å². The van der Waals surface area contributed by atoms with Crippen molar-refractivity contribution in [2.45, 2.75) is 27.3 Å². The summed E-state index contributed by atoms with van der Waals surface area (Å²) < 4.78 is 0. The Hall–Kier alpha value is -3.91. The van der Waals surface area contributed by atoms with Gasteiger partial charge in [-0.25, -0.2) is 0 Å². The van der Waals surface area contributed by atoms with E-state index in [2.05, 4.69) is 22.3 Å². The van der Waals surface area contributed by atoms with Crippen molar-refractivity contribution in [3.05, 3.63) is 83.0 Å². The number of nitrogens with two attached hydrogens (primary N) is 1. The molecule has 8 heteroatoms. The lowest BCUT2D eigenvalue weighted by Gasteiger charge is -2.21. The van der Waals surface area contributed by atoms with Crippen LogP contribution in [0.3, 0.4) is 0 Å². The van der Waals surface area contributed by atoms with Crippen molar-refractivity contribution < 1.29 is 9.59 Å². The second-order valence-electron chi connectivity index (χ2n) is 7.39. The molecule has 0 unspecified atom stereocenters. The smallest absolute Gasteiger partial charge is 0.255 e. The Balaban J connectivity index is 0.00000210. The number of thiophene rings is 1. The molecule has 3 rings (SSSR count). The van der Waals surface area contributed by atoms with Crippen LogP contribution in [-0.4, -0.2) is 37.0 Å². The average molecular weight is 492 g/mol. The molecule has 2 aromatic carbocycles. The number of anilines is 2. The summed E-state index contributed by atoms with van der Waals surface area (Å²) >= 11 is 1.62. The molecule has 0 aliphatic rings. The largest absolute Gasteiger partial charge is 0.397 e. The molecule has 35 heavy (non-hydrogen) atoms. The Bertz CT molecular complexity index is 1150. The number of hydrogen-bond donors (Lipinski definition) is 3. The highest BCUT2D eigenvalue weighted by Crippen LogP contribution is 2.30. The van der Waals surface area contributed by atoms with Gasteiger partial charge in [-0.15, -0.1) is 11.3 Å². The lowest BCUT2D eigenvalue weighted by atomic mass is 10.1. The summed E-state index contributed by atoms with van der Waals surface area (Å²) in [6.45, 7) is 9.78. The highest BCUT2D eigenvalue weighted by atomic mass is 32.1. The average Bonchev–Trinajstić information content (AvgIpc) is 3.41. The van der Waals surface area contributed by atoms with Crippen LogP contribution in [0.15, 0.2) is 76.9 Å². The predicted molar refractivity (Wildman–Crippen MR) is 148 cm³/mol. The molecule has 184 valence electrons. The van der Waals surface area contributed by atoms with Crippen molar-refractivity contribution in [1.82, 2.24) is 10.2 Å². The summed E-state index contributed by atoms with van der Waals surface area (Å²) in [6.07, 6.45) is 1.70. The minimum atomic E-state index is -0.255. The maximum atomic E-state index is 12.8. The zero-order valence-corrected chi connectivity index (χ0v) is 21.5. The van der Waals surface area contributed by atoms with Crippen molar-refractivity contribution >= 4 is 41.2 Å². The maximum absolute atomic E-state index is 12.8. The van der Waals surface area contributed by atoms with E-state index in [1.165, 1.54) is 6.92 Å². The van der Waals surface area contributed by atoms with E-state index in [0.717, 1.165) is 16.0 Å². The topological polar surface area (TPSA) is 99.8 Å². The Morgan fingerprint density at radius 2 is 1.86 bits per heavy atom. The molecule has 0 spiro atoms. The lowest BCUT2D eigenvalue weighted by Crippen LogP contribution is -2.30. The number of carbonyl (C=O) groups is 2. The molecule has 0 saturated heterocycles. The summed E-state index contributed by atoms with van der Waals surface area (Å²) in [5.41, 5.74) is 10.2. The molecule has 0 aliphatic heterocycles. The molecule has 0 bridgehead atoms. The van der Waals surface area contributed by atoms with Gasteiger partial charge in [-0.2, -0.15) is 0 Å². The zero-order valence-electron chi connectivity index (χ0n) is 20.7. The van der Waals surface area contributed by atoms with Crippen LogP contribution < -0.4 is 16.4 Å². The van der Waals surface area contributed by atoms with Gasteiger partial charge in [-0.3, -0.25) is 14.6 Å². The summed E-state index contributed by atoms with van der Waals surface area (Å²) in [7, 11) is 1.76. The highest BCUT2D eigenvalue weighted by molar-refractivity contribution is 7.13. The fourth-order valence-corrected chi connectivity index (χ4v) is 3.94. The van der Waals surface area contributed by atoms with Crippen LogP contribution in [0.25, 0.3) is 10.4 Å². The van der Waals surface area contributed by atoms with Crippen molar-refractivity contribution in [2.75, 3.05) is 24.6 Å². The molecule has 0 radical (unpaired) electrons. The van der Waals surface area contributed by atoms with Crippen LogP contribution in [0.2, 0.25) is 0 Å². The normalized spacial score (nSPS) is 10.6. The number of carbonyl (C=O) groups excluding carboxylic acids is 2. The van der Waals surface area contributed by atoms with E-state index >= 15 is 0 Å². The summed E-state index contributed by atoms with van der Waals surface area (Å²) in [4.78, 5) is 31.6. The molecule has 4 N–H and O–H groups in total. The molecule has 0 aliphatic carbocycles. The molecule has 0 fully saturated rings. The summed E-state index contributed by atoms with van der Waals surface area (Å²) in [6, 6.07) is 16.7. The van der Waals surface area contributed by atoms with Crippen LogP contribution in [-0.2, 0) is 11.3 Å². The zero-order chi connectivity index (χ0) is 25.8. The van der Waals surface area contributed by atoms with E-state index < -0.39 is 0 Å². The molecule has 0 atom stereocenters. The van der Waals surface area contributed by atoms with E-state index in [-0.39, 0.29) is 11.8 Å². The number of hydrogen-bond acceptors (Lipinski definition) is 6. The fraction of sp³-hybridized carbons (Fsp3) is 0.222. The number of nitrogens with zero attached hydrogens (tertiary/aromatic N) is 2. The van der Waals surface area contributed by atoms with Crippen LogP contribution >= 0.6 is 11.3 Å². The molecule has 2 amide bonds. The van der Waals surface area contributed by atoms with Gasteiger partial charge >= 0.3 is 0 Å². The molecule has 1 heterocycles. The van der Waals surface area contributed by atoms with Gasteiger partial charge in [-0.05, 0) is 53.6 Å². The second-order valence-corrected chi connectivity index (χ2v) is 8.34. The molecular formula is C27H33N5O2S. The van der Waals surface area contributed by atoms with Crippen molar-refractivity contribution in [2.24, 2.45) is 4.99 Å². The van der Waals surface area contributed by atoms with Gasteiger partial charge in [-0.1, -0.05) is 38.1 Å². The first kappa shape index (κ1) is 27.3. The second kappa shape index (κ2) is 13.7. The third kappa shape index (κ3) is 7.82. The van der Waals surface area contributed by atoms with Gasteiger partial charge in [0.05, 0.1) is 23.6 Å². The van der Waals surface area contributed by atoms with E-state index in [0.29, 0.717) is 35.7 Å². The quantitative estimate of drug-likeness (QED) is 0.276. The van der Waals surface area contributed by atoms with Gasteiger partial charge < -0.3 is 21.3 Å². The first-order valence-corrected chi connectivity index (χ1v) is 12.2. The van der Waals surface area contributed by atoms with Crippen molar-refractivity contribution in [3.63, 3.8) is 0 Å². The van der Waals surface area contributed by atoms with Gasteiger partial charge in [0.1, 0.15) is 0 Å². The highest BCUT2D eigenvalue weighted by Gasteiger charge is 2.13. The molecule has 1 aromatic heterocycles. The van der Waals surface area contributed by atoms with Crippen molar-refractivity contribution in [1.29, 1.82) is 0 Å². The first-order chi connectivity index (χ1) is 16.9. The minimum Gasteiger partial charge on any atom is -0.397 e. The van der Waals surface area contributed by atoms with Gasteiger partial charge in [0.25, 0.3) is 5.91 Å². The number of nitrogen functional groups attached to an aromatic ring is 1. The monoisotopic (exact) mass is 491 g/mol. The summed E-state index contributed by atoms with van der Waals surface area (Å²) in [5, 5.41) is 7.80. The number of benzene rings is 2. The van der Waals surface area contributed by atoms with Crippen LogP contribution in [0, 0.1) is 0 Å². The number of amides is 2. The standard InChI is InChI=1S/C25H27N5O2S.C2H6/c1-17(31)30(16-21(28-3)14-27-2)15-18-6-8-19(9-7-18)25(32)29-23-13-20(10-11-22(23)26)24-5-4-12-33-24;1-2/h4-14,27H,3,15-16,26H2,1-2H3,(H,29,32);1-2H3/b21-14-;. The van der Waals surface area contributed by atoms with Gasteiger partial charge in [0.15, 0.2) is 0 Å². The van der Waals surface area contributed by atoms with E-state index in [4.69, 9.17) is 5.73 Å². The minimum absolute atomic E-state index is 0.0800. The SMILES string of the molecule is C=N/C(=C\NC)CN(Cc1ccc(C(=O)Nc2cc(-c3cccs3)ccc2N)cc1)C(C)=O.CC. The molecule has 3 aromatic rings. The van der Waals surface area contributed by atoms with Gasteiger partial charge in [0.2, 0.25) is 5.91 Å². The predicted octanol–water partition coefficient (Wildman–Crippen LogP) is 5.39. The Labute approximate surface area is 211 Å². The number of nitrogens with one attached hydrogen (secondary N) is 2. The Kier molecular flexibility index (Phi) is 10.7. The Morgan fingerprint density at radius 1 is 1.14 bits per heavy atom. The molecule has 7 nitrogen and oxygen atoms in total. The fourth-order valence-electron chi connectivity index (χ4n) is 3.22. The van der Waals surface area contributed by atoms with E-state index in [1.807, 2.05) is 55.6 Å². The third-order valence-electron chi connectivity index (χ3n) is 5.01. The van der Waals surface area contributed by atoms with Crippen LogP contribution in [0.1, 0.15) is 36.7 Å². The number of rotatable bonds is 9. The molecule has 0 saturated carbocycles. The molecular weight excluding hydrogens is 458 g/mol. The summed E-state index contributed by atoms with van der Waals surface area (Å²) in [5.74, 6) is -0.335. The van der Waals surface area contributed by atoms with Crippen LogP contribution in [0.5, 0.6) is 0 Å². The van der Waals surface area contributed by atoms with Gasteiger partial charge in [0, 0.05) is 37.2 Å². The lowest BCUT2D eigenvalue weighted by molar-refractivity contribution is -0.129. The first-order valence-electron chi connectivity index (χ1n) is 11.3. The van der Waals surface area contributed by atoms with Crippen molar-refractivity contribution in [3.8, 4) is 10.4 Å². The number of aliphatic imine (C=N–C) groups is 1. The Morgan fingerprint density at radius 3 is 2.43 bits per heavy atom. The van der Waals surface area contributed by atoms with Crippen LogP contribution in [0.4, 0.5) is 11.4 Å².